The van der Waals surface area contributed by atoms with Crippen molar-refractivity contribution in [2.45, 2.75) is 129 Å². The van der Waals surface area contributed by atoms with E-state index in [2.05, 4.69) is 12.2 Å². The van der Waals surface area contributed by atoms with E-state index >= 15 is 0 Å². The summed E-state index contributed by atoms with van der Waals surface area (Å²) in [4.78, 5) is 11.8. The Balaban J connectivity index is 3.27. The van der Waals surface area contributed by atoms with Gasteiger partial charge in [0.15, 0.2) is 0 Å². The zero-order valence-corrected chi connectivity index (χ0v) is 18.2. The van der Waals surface area contributed by atoms with Crippen molar-refractivity contribution < 1.29 is 9.90 Å². The summed E-state index contributed by atoms with van der Waals surface area (Å²) in [6.07, 6.45) is 20.3. The molecule has 4 heteroatoms. The predicted molar refractivity (Wildman–Crippen MR) is 117 cm³/mol. The van der Waals surface area contributed by atoms with Gasteiger partial charge in [0.25, 0.3) is 0 Å². The van der Waals surface area contributed by atoms with Gasteiger partial charge in [0.2, 0.25) is 5.91 Å². The number of amides is 1. The minimum absolute atomic E-state index is 0.0949. The van der Waals surface area contributed by atoms with Crippen molar-refractivity contribution in [2.24, 2.45) is 5.73 Å². The van der Waals surface area contributed by atoms with Gasteiger partial charge in [0.05, 0.1) is 6.10 Å². The fourth-order valence-electron chi connectivity index (χ4n) is 3.43. The Morgan fingerprint density at radius 2 is 1.30 bits per heavy atom. The number of aliphatic hydroxyl groups is 1. The first-order chi connectivity index (χ1) is 13.2. The molecule has 1 atom stereocenters. The largest absolute Gasteiger partial charge is 0.393 e. The summed E-state index contributed by atoms with van der Waals surface area (Å²) in [5, 5.41) is 12.9. The lowest BCUT2D eigenvalue weighted by Crippen LogP contribution is -2.25. The second-order valence-electron chi connectivity index (χ2n) is 8.07. The minimum Gasteiger partial charge on any atom is -0.393 e. The average molecular weight is 385 g/mol. The lowest BCUT2D eigenvalue weighted by Gasteiger charge is -2.10. The van der Waals surface area contributed by atoms with Crippen LogP contribution >= 0.6 is 0 Å². The van der Waals surface area contributed by atoms with Gasteiger partial charge in [0.1, 0.15) is 0 Å². The highest BCUT2D eigenvalue weighted by molar-refractivity contribution is 5.75. The molecule has 0 aromatic rings. The highest BCUT2D eigenvalue weighted by atomic mass is 16.3. The maximum absolute atomic E-state index is 11.8. The van der Waals surface area contributed by atoms with E-state index in [1.807, 2.05) is 0 Å². The molecule has 1 amide bonds. The number of rotatable bonds is 21. The van der Waals surface area contributed by atoms with Gasteiger partial charge in [-0.05, 0) is 32.2 Å². The summed E-state index contributed by atoms with van der Waals surface area (Å²) in [5.74, 6) is 0.0949. The average Bonchev–Trinajstić information content (AvgIpc) is 2.67. The van der Waals surface area contributed by atoms with Crippen LogP contribution in [0.5, 0.6) is 0 Å². The molecule has 0 rings (SSSR count). The molecule has 0 aromatic carbocycles. The van der Waals surface area contributed by atoms with E-state index in [0.29, 0.717) is 12.8 Å². The zero-order chi connectivity index (χ0) is 20.0. The van der Waals surface area contributed by atoms with Gasteiger partial charge in [-0.15, -0.1) is 0 Å². The van der Waals surface area contributed by atoms with E-state index in [-0.39, 0.29) is 12.0 Å². The molecule has 0 saturated carbocycles. The first-order valence-electron chi connectivity index (χ1n) is 11.9. The fraction of sp³-hybridized carbons (Fsp3) is 0.957. The van der Waals surface area contributed by atoms with E-state index < -0.39 is 0 Å². The van der Waals surface area contributed by atoms with Crippen LogP contribution in [-0.2, 0) is 4.79 Å². The van der Waals surface area contributed by atoms with Gasteiger partial charge >= 0.3 is 0 Å². The smallest absolute Gasteiger partial charge is 0.220 e. The lowest BCUT2D eigenvalue weighted by atomic mass is 10.0. The number of carbonyl (C=O) groups excluding carboxylic acids is 1. The highest BCUT2D eigenvalue weighted by Gasteiger charge is 2.07. The van der Waals surface area contributed by atoms with Crippen molar-refractivity contribution in [1.82, 2.24) is 5.32 Å². The molecule has 0 aliphatic heterocycles. The van der Waals surface area contributed by atoms with Gasteiger partial charge in [-0.2, -0.15) is 0 Å². The molecule has 27 heavy (non-hydrogen) atoms. The summed E-state index contributed by atoms with van der Waals surface area (Å²) >= 11 is 0. The monoisotopic (exact) mass is 384 g/mol. The summed E-state index contributed by atoms with van der Waals surface area (Å²) in [6, 6.07) is 0. The van der Waals surface area contributed by atoms with Crippen LogP contribution in [0.1, 0.15) is 122 Å². The molecule has 0 spiro atoms. The molecule has 1 unspecified atom stereocenters. The standard InChI is InChI=1S/C23H48N2O2/c1-2-3-4-11-14-17-22(26)18-19-23(27)25-21-16-13-10-8-6-5-7-9-12-15-20-24/h22,26H,2-21,24H2,1H3,(H,25,27). The third kappa shape index (κ3) is 21.5. The van der Waals surface area contributed by atoms with Crippen LogP contribution in [0.2, 0.25) is 0 Å². The molecule has 0 saturated heterocycles. The highest BCUT2D eigenvalue weighted by Crippen LogP contribution is 2.11. The quantitative estimate of drug-likeness (QED) is 0.230. The Kier molecular flexibility index (Phi) is 21.2. The molecule has 0 aliphatic rings. The molecule has 0 aromatic heterocycles. The fourth-order valence-corrected chi connectivity index (χ4v) is 3.43. The number of hydrogen-bond donors (Lipinski definition) is 3. The lowest BCUT2D eigenvalue weighted by molar-refractivity contribution is -0.121. The van der Waals surface area contributed by atoms with E-state index in [9.17, 15) is 9.90 Å². The van der Waals surface area contributed by atoms with Crippen LogP contribution in [0.4, 0.5) is 0 Å². The summed E-state index contributed by atoms with van der Waals surface area (Å²) < 4.78 is 0. The zero-order valence-electron chi connectivity index (χ0n) is 18.2. The molecule has 0 bridgehead atoms. The molecule has 162 valence electrons. The van der Waals surface area contributed by atoms with Crippen molar-refractivity contribution in [2.75, 3.05) is 13.1 Å². The van der Waals surface area contributed by atoms with Crippen molar-refractivity contribution in [1.29, 1.82) is 0 Å². The van der Waals surface area contributed by atoms with Crippen LogP contribution < -0.4 is 11.1 Å². The number of nitrogens with two attached hydrogens (primary N) is 1. The van der Waals surface area contributed by atoms with Crippen molar-refractivity contribution >= 4 is 5.91 Å². The van der Waals surface area contributed by atoms with E-state index in [4.69, 9.17) is 5.73 Å². The molecule has 0 fully saturated rings. The Morgan fingerprint density at radius 1 is 0.778 bits per heavy atom. The third-order valence-corrected chi connectivity index (χ3v) is 5.30. The molecular formula is C23H48N2O2. The van der Waals surface area contributed by atoms with Gasteiger partial charge < -0.3 is 16.2 Å². The summed E-state index contributed by atoms with van der Waals surface area (Å²) in [5.41, 5.74) is 5.49. The van der Waals surface area contributed by atoms with Crippen LogP contribution in [0.15, 0.2) is 0 Å². The van der Waals surface area contributed by atoms with Gasteiger partial charge in [-0.25, -0.2) is 0 Å². The van der Waals surface area contributed by atoms with Gasteiger partial charge in [0, 0.05) is 13.0 Å². The van der Waals surface area contributed by atoms with Crippen LogP contribution in [0, 0.1) is 0 Å². The first kappa shape index (κ1) is 26.4. The Labute approximate surface area is 169 Å². The van der Waals surface area contributed by atoms with E-state index in [0.717, 1.165) is 32.4 Å². The molecule has 0 radical (unpaired) electrons. The molecular weight excluding hydrogens is 336 g/mol. The summed E-state index contributed by atoms with van der Waals surface area (Å²) in [7, 11) is 0. The molecule has 0 heterocycles. The molecule has 4 nitrogen and oxygen atoms in total. The number of nitrogens with one attached hydrogen (secondary N) is 1. The Morgan fingerprint density at radius 3 is 1.89 bits per heavy atom. The van der Waals surface area contributed by atoms with Gasteiger partial charge in [-0.3, -0.25) is 4.79 Å². The van der Waals surface area contributed by atoms with Crippen LogP contribution in [-0.4, -0.2) is 30.2 Å². The maximum atomic E-state index is 11.8. The molecule has 0 aliphatic carbocycles. The van der Waals surface area contributed by atoms with E-state index in [1.165, 1.54) is 83.5 Å². The number of carbonyl (C=O) groups is 1. The maximum Gasteiger partial charge on any atom is 0.220 e. The minimum atomic E-state index is -0.312. The third-order valence-electron chi connectivity index (χ3n) is 5.30. The van der Waals surface area contributed by atoms with Gasteiger partial charge in [-0.1, -0.05) is 90.4 Å². The normalized spacial score (nSPS) is 12.3. The van der Waals surface area contributed by atoms with Crippen LogP contribution in [0.25, 0.3) is 0 Å². The van der Waals surface area contributed by atoms with Crippen molar-refractivity contribution in [3.05, 3.63) is 0 Å². The summed E-state index contributed by atoms with van der Waals surface area (Å²) in [6.45, 7) is 3.82. The Hall–Kier alpha value is -0.610. The predicted octanol–water partition coefficient (Wildman–Crippen LogP) is 5.46. The second-order valence-corrected chi connectivity index (χ2v) is 8.07. The molecule has 4 N–H and O–H groups in total. The van der Waals surface area contributed by atoms with Crippen LogP contribution in [0.3, 0.4) is 0 Å². The van der Waals surface area contributed by atoms with Crippen molar-refractivity contribution in [3.8, 4) is 0 Å². The van der Waals surface area contributed by atoms with Crippen molar-refractivity contribution in [3.63, 3.8) is 0 Å². The number of unbranched alkanes of at least 4 members (excludes halogenated alkanes) is 13. The Bertz CT molecular complexity index is 311. The second kappa shape index (κ2) is 21.7. The number of hydrogen-bond acceptors (Lipinski definition) is 3. The SMILES string of the molecule is CCCCCCCC(O)CCC(=O)NCCCCCCCCCCCCN. The topological polar surface area (TPSA) is 75.3 Å². The number of aliphatic hydroxyl groups excluding tert-OH is 1. The first-order valence-corrected chi connectivity index (χ1v) is 11.9. The van der Waals surface area contributed by atoms with E-state index in [1.54, 1.807) is 0 Å².